The number of nitrogens with zero attached hydrogens (tertiary/aromatic N) is 1. The Kier molecular flexibility index (Phi) is 4.39. The third-order valence-corrected chi connectivity index (χ3v) is 3.15. The Bertz CT molecular complexity index is 602. The first-order chi connectivity index (χ1) is 9.10. The summed E-state index contributed by atoms with van der Waals surface area (Å²) in [6.07, 6.45) is 1.57. The number of anilines is 1. The number of carbonyl (C=O) groups excluding carboxylic acids is 1. The molecule has 0 aliphatic carbocycles. The highest BCUT2D eigenvalue weighted by Crippen LogP contribution is 2.27. The summed E-state index contributed by atoms with van der Waals surface area (Å²) in [5, 5.41) is 3.21. The van der Waals surface area contributed by atoms with Gasteiger partial charge in [-0.25, -0.2) is 4.98 Å². The molecule has 2 rings (SSSR count). The first-order valence-electron chi connectivity index (χ1n) is 5.36. The van der Waals surface area contributed by atoms with E-state index in [-0.39, 0.29) is 5.91 Å². The van der Waals surface area contributed by atoms with Crippen molar-refractivity contribution in [1.29, 1.82) is 0 Å². The molecule has 98 valence electrons. The number of hydrogen-bond acceptors (Lipinski definition) is 3. The summed E-state index contributed by atoms with van der Waals surface area (Å²) in [5.74, 6) is 0.208. The predicted octanol–water partition coefficient (Wildman–Crippen LogP) is 3.76. The van der Waals surface area contributed by atoms with Crippen LogP contribution >= 0.6 is 27.5 Å². The quantitative estimate of drug-likeness (QED) is 0.925. The third kappa shape index (κ3) is 3.45. The van der Waals surface area contributed by atoms with E-state index in [0.717, 1.165) is 4.47 Å². The summed E-state index contributed by atoms with van der Waals surface area (Å²) in [4.78, 5) is 16.0. The second-order valence-corrected chi connectivity index (χ2v) is 4.99. The Labute approximate surface area is 123 Å². The van der Waals surface area contributed by atoms with Gasteiger partial charge in [0.25, 0.3) is 5.91 Å². The second kappa shape index (κ2) is 6.04. The van der Waals surface area contributed by atoms with Crippen molar-refractivity contribution in [2.75, 3.05) is 12.4 Å². The van der Waals surface area contributed by atoms with Crippen LogP contribution in [-0.4, -0.2) is 18.0 Å². The molecular weight excluding hydrogens is 332 g/mol. The highest BCUT2D eigenvalue weighted by molar-refractivity contribution is 9.10. The molecule has 0 aliphatic rings. The van der Waals surface area contributed by atoms with Crippen LogP contribution in [0.2, 0.25) is 5.02 Å². The van der Waals surface area contributed by atoms with Crippen LogP contribution in [0.1, 0.15) is 10.5 Å². The summed E-state index contributed by atoms with van der Waals surface area (Å²) in [6.45, 7) is 0. The summed E-state index contributed by atoms with van der Waals surface area (Å²) < 4.78 is 5.90. The molecule has 1 aromatic carbocycles. The van der Waals surface area contributed by atoms with Crippen molar-refractivity contribution < 1.29 is 9.53 Å². The minimum Gasteiger partial charge on any atom is -0.495 e. The van der Waals surface area contributed by atoms with Gasteiger partial charge in [-0.15, -0.1) is 0 Å². The molecule has 0 bridgehead atoms. The fourth-order valence-corrected chi connectivity index (χ4v) is 1.87. The van der Waals surface area contributed by atoms with Gasteiger partial charge >= 0.3 is 0 Å². The van der Waals surface area contributed by atoms with Gasteiger partial charge < -0.3 is 10.1 Å². The molecule has 1 heterocycles. The smallest absolute Gasteiger partial charge is 0.274 e. The molecule has 0 radical (unpaired) electrons. The Hall–Kier alpha value is -1.59. The number of amides is 1. The van der Waals surface area contributed by atoms with Crippen LogP contribution in [0.3, 0.4) is 0 Å². The van der Waals surface area contributed by atoms with Gasteiger partial charge in [-0.1, -0.05) is 11.6 Å². The summed E-state index contributed by atoms with van der Waals surface area (Å²) in [5.41, 5.74) is 0.924. The number of aromatic nitrogens is 1. The standard InChI is InChI=1S/C13H10BrClN2O2/c1-19-12-6-9(3-4-10(12)15)17-13(18)11-5-2-8(14)7-16-11/h2-7H,1H3,(H,17,18). The van der Waals surface area contributed by atoms with E-state index < -0.39 is 0 Å². The first-order valence-corrected chi connectivity index (χ1v) is 6.53. The second-order valence-electron chi connectivity index (χ2n) is 3.67. The Morgan fingerprint density at radius 2 is 2.16 bits per heavy atom. The van der Waals surface area contributed by atoms with Crippen LogP contribution in [0.4, 0.5) is 5.69 Å². The summed E-state index contributed by atoms with van der Waals surface area (Å²) in [6, 6.07) is 8.39. The van der Waals surface area contributed by atoms with Crippen molar-refractivity contribution in [3.8, 4) is 5.75 Å². The van der Waals surface area contributed by atoms with E-state index in [1.54, 1.807) is 36.5 Å². The Morgan fingerprint density at radius 3 is 2.79 bits per heavy atom. The number of pyridine rings is 1. The van der Waals surface area contributed by atoms with Gasteiger partial charge in [0.15, 0.2) is 0 Å². The number of carbonyl (C=O) groups is 1. The van der Waals surface area contributed by atoms with E-state index in [9.17, 15) is 4.79 Å². The Balaban J connectivity index is 2.17. The molecule has 0 saturated carbocycles. The van der Waals surface area contributed by atoms with E-state index >= 15 is 0 Å². The van der Waals surface area contributed by atoms with Gasteiger partial charge in [-0.05, 0) is 40.2 Å². The van der Waals surface area contributed by atoms with E-state index in [0.29, 0.717) is 22.2 Å². The van der Waals surface area contributed by atoms with Gasteiger partial charge in [0.1, 0.15) is 11.4 Å². The van der Waals surface area contributed by atoms with Crippen LogP contribution < -0.4 is 10.1 Å². The zero-order valence-corrected chi connectivity index (χ0v) is 12.3. The molecule has 2 aromatic rings. The van der Waals surface area contributed by atoms with E-state index in [4.69, 9.17) is 16.3 Å². The number of benzene rings is 1. The maximum Gasteiger partial charge on any atom is 0.274 e. The van der Waals surface area contributed by atoms with Crippen molar-refractivity contribution in [2.45, 2.75) is 0 Å². The van der Waals surface area contributed by atoms with Crippen molar-refractivity contribution in [2.24, 2.45) is 0 Å². The topological polar surface area (TPSA) is 51.2 Å². The number of hydrogen-bond donors (Lipinski definition) is 1. The molecule has 19 heavy (non-hydrogen) atoms. The average Bonchev–Trinajstić information content (AvgIpc) is 2.41. The molecular formula is C13H10BrClN2O2. The zero-order chi connectivity index (χ0) is 13.8. The van der Waals surface area contributed by atoms with Crippen LogP contribution in [0.5, 0.6) is 5.75 Å². The van der Waals surface area contributed by atoms with Crippen molar-refractivity contribution >= 4 is 39.1 Å². The predicted molar refractivity (Wildman–Crippen MR) is 77.9 cm³/mol. The van der Waals surface area contributed by atoms with Crippen LogP contribution in [-0.2, 0) is 0 Å². The molecule has 1 aromatic heterocycles. The monoisotopic (exact) mass is 340 g/mol. The maximum absolute atomic E-state index is 11.9. The van der Waals surface area contributed by atoms with Crippen molar-refractivity contribution in [3.05, 3.63) is 51.7 Å². The lowest BCUT2D eigenvalue weighted by molar-refractivity contribution is 0.102. The normalized spacial score (nSPS) is 10.1. The number of rotatable bonds is 3. The third-order valence-electron chi connectivity index (χ3n) is 2.37. The van der Waals surface area contributed by atoms with Crippen LogP contribution in [0.15, 0.2) is 41.0 Å². The molecule has 0 unspecified atom stereocenters. The van der Waals surface area contributed by atoms with Gasteiger partial charge in [0.05, 0.1) is 12.1 Å². The molecule has 0 atom stereocenters. The van der Waals surface area contributed by atoms with E-state index in [1.807, 2.05) is 0 Å². The van der Waals surface area contributed by atoms with Crippen LogP contribution in [0, 0.1) is 0 Å². The molecule has 1 N–H and O–H groups in total. The Morgan fingerprint density at radius 1 is 1.37 bits per heavy atom. The SMILES string of the molecule is COc1cc(NC(=O)c2ccc(Br)cn2)ccc1Cl. The highest BCUT2D eigenvalue weighted by atomic mass is 79.9. The highest BCUT2D eigenvalue weighted by Gasteiger charge is 2.09. The molecule has 4 nitrogen and oxygen atoms in total. The van der Waals surface area contributed by atoms with Gasteiger partial charge in [0.2, 0.25) is 0 Å². The summed E-state index contributed by atoms with van der Waals surface area (Å²) >= 11 is 9.17. The van der Waals surface area contributed by atoms with Crippen molar-refractivity contribution in [1.82, 2.24) is 4.98 Å². The van der Waals surface area contributed by atoms with E-state index in [2.05, 4.69) is 26.2 Å². The lowest BCUT2D eigenvalue weighted by atomic mass is 10.2. The molecule has 0 fully saturated rings. The van der Waals surface area contributed by atoms with E-state index in [1.165, 1.54) is 7.11 Å². The molecule has 0 aliphatic heterocycles. The molecule has 6 heteroatoms. The molecule has 0 saturated heterocycles. The lowest BCUT2D eigenvalue weighted by Crippen LogP contribution is -2.13. The fraction of sp³-hybridized carbons (Fsp3) is 0.0769. The average molecular weight is 342 g/mol. The molecule has 0 spiro atoms. The minimum atomic E-state index is -0.295. The maximum atomic E-state index is 11.9. The minimum absolute atomic E-state index is 0.295. The largest absolute Gasteiger partial charge is 0.495 e. The lowest BCUT2D eigenvalue weighted by Gasteiger charge is -2.08. The first kappa shape index (κ1) is 13.8. The van der Waals surface area contributed by atoms with Gasteiger partial charge in [-0.2, -0.15) is 0 Å². The molecule has 1 amide bonds. The number of methoxy groups -OCH3 is 1. The van der Waals surface area contributed by atoms with Gasteiger partial charge in [0, 0.05) is 22.4 Å². The fourth-order valence-electron chi connectivity index (χ4n) is 1.44. The van der Waals surface area contributed by atoms with Gasteiger partial charge in [-0.3, -0.25) is 4.79 Å². The van der Waals surface area contributed by atoms with Crippen molar-refractivity contribution in [3.63, 3.8) is 0 Å². The zero-order valence-electron chi connectivity index (χ0n) is 9.98. The number of nitrogens with one attached hydrogen (secondary N) is 1. The number of ether oxygens (including phenoxy) is 1. The summed E-state index contributed by atoms with van der Waals surface area (Å²) in [7, 11) is 1.52. The number of halogens is 2. The van der Waals surface area contributed by atoms with Crippen LogP contribution in [0.25, 0.3) is 0 Å².